The third-order valence-electron chi connectivity index (χ3n) is 4.53. The molecule has 0 bridgehead atoms. The molecule has 0 unspecified atom stereocenters. The summed E-state index contributed by atoms with van der Waals surface area (Å²) in [6, 6.07) is 14.2. The fourth-order valence-electron chi connectivity index (χ4n) is 2.95. The van der Waals surface area contributed by atoms with Crippen LogP contribution in [0.3, 0.4) is 0 Å². The molecular weight excluding hydrogens is 387 g/mol. The summed E-state index contributed by atoms with van der Waals surface area (Å²) in [5.41, 5.74) is 1.47. The number of hydrogen-bond acceptors (Lipinski definition) is 3. The van der Waals surface area contributed by atoms with Crippen LogP contribution in [-0.2, 0) is 16.1 Å². The van der Waals surface area contributed by atoms with Crippen molar-refractivity contribution in [2.45, 2.75) is 19.4 Å². The summed E-state index contributed by atoms with van der Waals surface area (Å²) in [5.74, 6) is -0.471. The first-order valence-corrected chi connectivity index (χ1v) is 9.50. The van der Waals surface area contributed by atoms with E-state index in [-0.39, 0.29) is 24.5 Å². The van der Waals surface area contributed by atoms with Gasteiger partial charge in [0.15, 0.2) is 0 Å². The van der Waals surface area contributed by atoms with E-state index in [4.69, 9.17) is 27.9 Å². The van der Waals surface area contributed by atoms with Crippen molar-refractivity contribution in [3.8, 4) is 0 Å². The van der Waals surface area contributed by atoms with E-state index in [1.807, 2.05) is 30.3 Å². The topological polar surface area (TPSA) is 58.6 Å². The highest BCUT2D eigenvalue weighted by Gasteiger charge is 2.28. The zero-order valence-electron chi connectivity index (χ0n) is 14.7. The highest BCUT2D eigenvalue weighted by atomic mass is 35.5. The largest absolute Gasteiger partial charge is 0.461 e. The lowest BCUT2D eigenvalue weighted by Gasteiger charge is -2.31. The maximum atomic E-state index is 12.3. The molecule has 0 aromatic heterocycles. The number of amides is 2. The van der Waals surface area contributed by atoms with Crippen LogP contribution < -0.4 is 5.32 Å². The van der Waals surface area contributed by atoms with Gasteiger partial charge in [-0.1, -0.05) is 47.5 Å². The van der Waals surface area contributed by atoms with Gasteiger partial charge in [-0.05, 0) is 37.1 Å². The average molecular weight is 407 g/mol. The number of hydrogen-bond donors (Lipinski definition) is 1. The molecule has 1 aliphatic rings. The molecule has 1 heterocycles. The summed E-state index contributed by atoms with van der Waals surface area (Å²) in [7, 11) is 0. The molecule has 0 aliphatic carbocycles. The highest BCUT2D eigenvalue weighted by molar-refractivity contribution is 6.35. The van der Waals surface area contributed by atoms with E-state index < -0.39 is 0 Å². The Hall–Kier alpha value is -2.24. The first kappa shape index (κ1) is 19.5. The summed E-state index contributed by atoms with van der Waals surface area (Å²) < 4.78 is 5.39. The number of carbonyl (C=O) groups is 2. The number of piperidine rings is 1. The van der Waals surface area contributed by atoms with Crippen molar-refractivity contribution in [3.05, 3.63) is 64.1 Å². The zero-order chi connectivity index (χ0) is 19.2. The number of anilines is 1. The number of carbonyl (C=O) groups excluding carboxylic acids is 2. The first-order chi connectivity index (χ1) is 13.0. The van der Waals surface area contributed by atoms with Crippen LogP contribution in [0.5, 0.6) is 0 Å². The second-order valence-corrected chi connectivity index (χ2v) is 7.24. The number of nitrogens with zero attached hydrogens (tertiary/aromatic N) is 1. The smallest absolute Gasteiger partial charge is 0.321 e. The normalized spacial score (nSPS) is 14.7. The lowest BCUT2D eigenvalue weighted by molar-refractivity contribution is -0.151. The lowest BCUT2D eigenvalue weighted by Crippen LogP contribution is -2.42. The fraction of sp³-hybridized carbons (Fsp3) is 0.300. The Bertz CT molecular complexity index is 806. The van der Waals surface area contributed by atoms with Crippen LogP contribution in [0.2, 0.25) is 10.0 Å². The minimum atomic E-state index is -0.260. The van der Waals surface area contributed by atoms with Gasteiger partial charge in [-0.15, -0.1) is 0 Å². The van der Waals surface area contributed by atoms with Crippen LogP contribution in [0.15, 0.2) is 48.5 Å². The molecule has 1 aliphatic heterocycles. The summed E-state index contributed by atoms with van der Waals surface area (Å²) in [4.78, 5) is 26.3. The van der Waals surface area contributed by atoms with E-state index in [0.29, 0.717) is 41.5 Å². The number of nitrogens with one attached hydrogen (secondary N) is 1. The number of urea groups is 1. The molecule has 5 nitrogen and oxygen atoms in total. The molecule has 1 N–H and O–H groups in total. The molecule has 2 aromatic rings. The molecule has 2 amide bonds. The number of para-hydroxylation sites is 1. The van der Waals surface area contributed by atoms with Crippen molar-refractivity contribution in [1.29, 1.82) is 0 Å². The number of likely N-dealkylation sites (tertiary alicyclic amines) is 1. The van der Waals surface area contributed by atoms with E-state index >= 15 is 0 Å². The van der Waals surface area contributed by atoms with E-state index in [0.717, 1.165) is 5.69 Å². The summed E-state index contributed by atoms with van der Waals surface area (Å²) in [5, 5.41) is 3.87. The number of ether oxygens (including phenoxy) is 1. The second kappa shape index (κ2) is 9.11. The lowest BCUT2D eigenvalue weighted by atomic mass is 9.97. The third kappa shape index (κ3) is 5.37. The Balaban J connectivity index is 1.45. The molecule has 2 aromatic carbocycles. The van der Waals surface area contributed by atoms with E-state index in [9.17, 15) is 9.59 Å². The number of rotatable bonds is 4. The molecule has 1 saturated heterocycles. The molecule has 0 radical (unpaired) electrons. The maximum absolute atomic E-state index is 12.3. The monoisotopic (exact) mass is 406 g/mol. The van der Waals surface area contributed by atoms with Gasteiger partial charge in [0.05, 0.1) is 5.92 Å². The molecule has 0 spiro atoms. The quantitative estimate of drug-likeness (QED) is 0.728. The van der Waals surface area contributed by atoms with Gasteiger partial charge in [-0.25, -0.2) is 4.79 Å². The Morgan fingerprint density at radius 2 is 1.78 bits per heavy atom. The summed E-state index contributed by atoms with van der Waals surface area (Å²) in [6.45, 7) is 1.14. The van der Waals surface area contributed by atoms with Crippen molar-refractivity contribution in [2.24, 2.45) is 5.92 Å². The zero-order valence-corrected chi connectivity index (χ0v) is 16.2. The minimum Gasteiger partial charge on any atom is -0.461 e. The molecule has 0 saturated carbocycles. The van der Waals surface area contributed by atoms with Crippen molar-refractivity contribution >= 4 is 40.9 Å². The van der Waals surface area contributed by atoms with Crippen LogP contribution in [0.4, 0.5) is 10.5 Å². The van der Waals surface area contributed by atoms with Gasteiger partial charge in [-0.3, -0.25) is 4.79 Å². The Kier molecular flexibility index (Phi) is 6.58. The van der Waals surface area contributed by atoms with Crippen LogP contribution in [0, 0.1) is 5.92 Å². The van der Waals surface area contributed by atoms with Gasteiger partial charge in [0.25, 0.3) is 0 Å². The number of esters is 1. The van der Waals surface area contributed by atoms with Gasteiger partial charge < -0.3 is 15.0 Å². The van der Waals surface area contributed by atoms with Crippen molar-refractivity contribution in [3.63, 3.8) is 0 Å². The predicted molar refractivity (Wildman–Crippen MR) is 106 cm³/mol. The Labute approximate surface area is 168 Å². The fourth-order valence-corrected chi connectivity index (χ4v) is 3.41. The van der Waals surface area contributed by atoms with E-state index in [1.165, 1.54) is 0 Å². The van der Waals surface area contributed by atoms with Crippen LogP contribution in [0.25, 0.3) is 0 Å². The molecule has 27 heavy (non-hydrogen) atoms. The van der Waals surface area contributed by atoms with E-state index in [1.54, 1.807) is 23.1 Å². The number of benzene rings is 2. The van der Waals surface area contributed by atoms with Crippen molar-refractivity contribution in [2.75, 3.05) is 18.4 Å². The second-order valence-electron chi connectivity index (χ2n) is 6.40. The van der Waals surface area contributed by atoms with E-state index in [2.05, 4.69) is 5.32 Å². The van der Waals surface area contributed by atoms with Crippen molar-refractivity contribution < 1.29 is 14.3 Å². The molecule has 142 valence electrons. The average Bonchev–Trinajstić information content (AvgIpc) is 2.68. The highest BCUT2D eigenvalue weighted by Crippen LogP contribution is 2.24. The maximum Gasteiger partial charge on any atom is 0.321 e. The molecular formula is C20H20Cl2N2O3. The van der Waals surface area contributed by atoms with Crippen LogP contribution in [-0.4, -0.2) is 30.0 Å². The number of halogens is 2. The standard InChI is InChI=1S/C20H20Cl2N2O3/c21-16-7-6-15(18(22)12-16)13-27-19(25)14-8-10-24(11-9-14)20(26)23-17-4-2-1-3-5-17/h1-7,12,14H,8-11,13H2,(H,23,26). The van der Waals surface area contributed by atoms with Gasteiger partial charge in [0.2, 0.25) is 0 Å². The third-order valence-corrected chi connectivity index (χ3v) is 5.11. The molecule has 0 atom stereocenters. The summed E-state index contributed by atoms with van der Waals surface area (Å²) in [6.07, 6.45) is 1.16. The Morgan fingerprint density at radius 3 is 2.44 bits per heavy atom. The SMILES string of the molecule is O=C(OCc1ccc(Cl)cc1Cl)C1CCN(C(=O)Nc2ccccc2)CC1. The molecule has 7 heteroatoms. The van der Waals surface area contributed by atoms with Gasteiger partial charge in [-0.2, -0.15) is 0 Å². The van der Waals surface area contributed by atoms with Crippen LogP contribution in [0.1, 0.15) is 18.4 Å². The van der Waals surface area contributed by atoms with Crippen LogP contribution >= 0.6 is 23.2 Å². The predicted octanol–water partition coefficient (Wildman–Crippen LogP) is 4.98. The summed E-state index contributed by atoms with van der Waals surface area (Å²) >= 11 is 12.0. The minimum absolute atomic E-state index is 0.115. The Morgan fingerprint density at radius 1 is 1.07 bits per heavy atom. The molecule has 3 rings (SSSR count). The molecule has 1 fully saturated rings. The van der Waals surface area contributed by atoms with Gasteiger partial charge >= 0.3 is 12.0 Å². The van der Waals surface area contributed by atoms with Gasteiger partial charge in [0, 0.05) is 34.4 Å². The van der Waals surface area contributed by atoms with Gasteiger partial charge in [0.1, 0.15) is 6.61 Å². The first-order valence-electron chi connectivity index (χ1n) is 8.74. The van der Waals surface area contributed by atoms with Crippen molar-refractivity contribution in [1.82, 2.24) is 4.90 Å².